The monoisotopic (exact) mass is 310 g/mol. The molecule has 1 amide bonds. The van der Waals surface area contributed by atoms with Crippen molar-refractivity contribution in [2.24, 2.45) is 0 Å². The van der Waals surface area contributed by atoms with Gasteiger partial charge in [-0.1, -0.05) is 13.8 Å². The van der Waals surface area contributed by atoms with E-state index in [2.05, 4.69) is 15.5 Å². The fourth-order valence-corrected chi connectivity index (χ4v) is 1.76. The number of benzene rings is 1. The summed E-state index contributed by atoms with van der Waals surface area (Å²) in [5.41, 5.74) is 8.13. The number of halogens is 1. The summed E-state index contributed by atoms with van der Waals surface area (Å²) in [6.07, 6.45) is 0. The molecule has 4 N–H and O–H groups in total. The number of hydrogen-bond donors (Lipinski definition) is 3. The number of nitrogen functional groups attached to an aromatic ring is 1. The fraction of sp³-hybridized carbons (Fsp3) is 0.286. The molecule has 114 valence electrons. The van der Waals surface area contributed by atoms with Gasteiger partial charge in [-0.15, -0.1) is 12.4 Å². The molecule has 0 aliphatic carbocycles. The molecule has 1 heterocycles. The highest BCUT2D eigenvalue weighted by molar-refractivity contribution is 6.03. The Morgan fingerprint density at radius 2 is 2.10 bits per heavy atom. The number of aromatic nitrogens is 2. The maximum absolute atomic E-state index is 12.1. The summed E-state index contributed by atoms with van der Waals surface area (Å²) in [4.78, 5) is 12.1. The van der Waals surface area contributed by atoms with Crippen molar-refractivity contribution in [3.63, 3.8) is 0 Å². The third-order valence-corrected chi connectivity index (χ3v) is 2.94. The first-order valence-corrected chi connectivity index (χ1v) is 6.31. The minimum atomic E-state index is -0.280. The molecule has 0 saturated carbocycles. The van der Waals surface area contributed by atoms with Crippen LogP contribution >= 0.6 is 12.4 Å². The number of carbonyl (C=O) groups is 1. The number of rotatable bonds is 4. The van der Waals surface area contributed by atoms with Crippen LogP contribution in [-0.4, -0.2) is 23.2 Å². The number of nitrogens with zero attached hydrogens (tertiary/aromatic N) is 1. The zero-order valence-corrected chi connectivity index (χ0v) is 13.0. The fourth-order valence-electron chi connectivity index (χ4n) is 1.76. The van der Waals surface area contributed by atoms with E-state index in [0.717, 1.165) is 5.69 Å². The molecule has 0 spiro atoms. The van der Waals surface area contributed by atoms with E-state index in [1.807, 2.05) is 13.8 Å². The average molecular weight is 311 g/mol. The van der Waals surface area contributed by atoms with Gasteiger partial charge >= 0.3 is 0 Å². The summed E-state index contributed by atoms with van der Waals surface area (Å²) in [6.45, 7) is 4.05. The van der Waals surface area contributed by atoms with E-state index < -0.39 is 0 Å². The molecule has 0 saturated heterocycles. The van der Waals surface area contributed by atoms with Gasteiger partial charge in [-0.3, -0.25) is 9.89 Å². The number of methoxy groups -OCH3 is 1. The van der Waals surface area contributed by atoms with Gasteiger partial charge in [0.15, 0.2) is 5.69 Å². The molecule has 0 fully saturated rings. The lowest BCUT2D eigenvalue weighted by Crippen LogP contribution is -2.12. The second-order valence-corrected chi connectivity index (χ2v) is 4.77. The Balaban J connectivity index is 0.00000220. The molecular formula is C14H19ClN4O2. The highest BCUT2D eigenvalue weighted by Gasteiger charge is 2.12. The van der Waals surface area contributed by atoms with Gasteiger partial charge in [-0.05, 0) is 30.2 Å². The Kier molecular flexibility index (Phi) is 5.60. The van der Waals surface area contributed by atoms with Crippen LogP contribution in [0.1, 0.15) is 35.9 Å². The standard InChI is InChI=1S/C14H18N4O2.ClH/c1-8(2)11-7-12(18-17-11)14(19)16-9-4-5-13(20-3)10(15)6-9;/h4-8H,15H2,1-3H3,(H,16,19)(H,17,18);1H. The van der Waals surface area contributed by atoms with Gasteiger partial charge in [0.25, 0.3) is 5.91 Å². The maximum atomic E-state index is 12.1. The van der Waals surface area contributed by atoms with Gasteiger partial charge in [-0.2, -0.15) is 5.10 Å². The molecule has 0 radical (unpaired) electrons. The third-order valence-electron chi connectivity index (χ3n) is 2.94. The molecule has 1 aromatic carbocycles. The molecule has 0 unspecified atom stereocenters. The lowest BCUT2D eigenvalue weighted by molar-refractivity contribution is 0.102. The smallest absolute Gasteiger partial charge is 0.276 e. The lowest BCUT2D eigenvalue weighted by atomic mass is 10.1. The summed E-state index contributed by atoms with van der Waals surface area (Å²) in [7, 11) is 1.54. The van der Waals surface area contributed by atoms with Gasteiger partial charge in [0.1, 0.15) is 5.75 Å². The Hall–Kier alpha value is -2.21. The topological polar surface area (TPSA) is 93.0 Å². The number of carbonyl (C=O) groups excluding carboxylic acids is 1. The zero-order chi connectivity index (χ0) is 14.7. The van der Waals surface area contributed by atoms with E-state index in [-0.39, 0.29) is 18.3 Å². The zero-order valence-electron chi connectivity index (χ0n) is 12.1. The van der Waals surface area contributed by atoms with E-state index in [1.165, 1.54) is 0 Å². The molecule has 21 heavy (non-hydrogen) atoms. The van der Waals surface area contributed by atoms with Crippen molar-refractivity contribution in [3.05, 3.63) is 35.7 Å². The minimum Gasteiger partial charge on any atom is -0.495 e. The molecule has 2 rings (SSSR count). The van der Waals surface area contributed by atoms with Crippen LogP contribution in [0.25, 0.3) is 0 Å². The molecule has 7 heteroatoms. The second kappa shape index (κ2) is 6.99. The Morgan fingerprint density at radius 3 is 2.62 bits per heavy atom. The molecule has 6 nitrogen and oxygen atoms in total. The van der Waals surface area contributed by atoms with E-state index in [0.29, 0.717) is 28.7 Å². The largest absolute Gasteiger partial charge is 0.495 e. The van der Waals surface area contributed by atoms with Gasteiger partial charge in [0, 0.05) is 11.4 Å². The van der Waals surface area contributed by atoms with Gasteiger partial charge in [0.05, 0.1) is 12.8 Å². The van der Waals surface area contributed by atoms with E-state index in [9.17, 15) is 4.79 Å². The van der Waals surface area contributed by atoms with Crippen molar-refractivity contribution in [3.8, 4) is 5.75 Å². The van der Waals surface area contributed by atoms with Crippen LogP contribution in [-0.2, 0) is 0 Å². The van der Waals surface area contributed by atoms with Crippen molar-refractivity contribution in [2.75, 3.05) is 18.2 Å². The molecular weight excluding hydrogens is 292 g/mol. The number of aromatic amines is 1. The predicted molar refractivity (Wildman–Crippen MR) is 85.3 cm³/mol. The van der Waals surface area contributed by atoms with Crippen molar-refractivity contribution in [2.45, 2.75) is 19.8 Å². The predicted octanol–water partition coefficient (Wildman–Crippen LogP) is 2.80. The van der Waals surface area contributed by atoms with Crippen LogP contribution < -0.4 is 15.8 Å². The number of anilines is 2. The third kappa shape index (κ3) is 3.88. The van der Waals surface area contributed by atoms with Crippen molar-refractivity contribution in [1.82, 2.24) is 10.2 Å². The summed E-state index contributed by atoms with van der Waals surface area (Å²) >= 11 is 0. The Bertz CT molecular complexity index is 625. The highest BCUT2D eigenvalue weighted by Crippen LogP contribution is 2.24. The molecule has 0 atom stereocenters. The van der Waals surface area contributed by atoms with E-state index in [1.54, 1.807) is 31.4 Å². The van der Waals surface area contributed by atoms with Crippen LogP contribution in [0.3, 0.4) is 0 Å². The molecule has 1 aromatic heterocycles. The summed E-state index contributed by atoms with van der Waals surface area (Å²) in [5.74, 6) is 0.586. The number of hydrogen-bond acceptors (Lipinski definition) is 4. The van der Waals surface area contributed by atoms with Crippen molar-refractivity contribution >= 4 is 29.7 Å². The molecule has 0 bridgehead atoms. The van der Waals surface area contributed by atoms with Crippen LogP contribution in [0.2, 0.25) is 0 Å². The number of ether oxygens (including phenoxy) is 1. The van der Waals surface area contributed by atoms with Crippen LogP contribution in [0.4, 0.5) is 11.4 Å². The first-order valence-electron chi connectivity index (χ1n) is 6.31. The first kappa shape index (κ1) is 16.8. The van der Waals surface area contributed by atoms with E-state index in [4.69, 9.17) is 10.5 Å². The average Bonchev–Trinajstić information content (AvgIpc) is 2.88. The Morgan fingerprint density at radius 1 is 1.38 bits per heavy atom. The minimum absolute atomic E-state index is 0. The van der Waals surface area contributed by atoms with Gasteiger partial charge in [0.2, 0.25) is 0 Å². The van der Waals surface area contributed by atoms with Crippen molar-refractivity contribution < 1.29 is 9.53 Å². The molecule has 0 aliphatic rings. The number of amides is 1. The second-order valence-electron chi connectivity index (χ2n) is 4.77. The highest BCUT2D eigenvalue weighted by atomic mass is 35.5. The number of H-pyrrole nitrogens is 1. The normalized spacial score (nSPS) is 10.1. The summed E-state index contributed by atoms with van der Waals surface area (Å²) in [5, 5.41) is 9.59. The molecule has 0 aliphatic heterocycles. The Labute approximate surface area is 129 Å². The van der Waals surface area contributed by atoms with Gasteiger partial charge in [-0.25, -0.2) is 0 Å². The van der Waals surface area contributed by atoms with Crippen molar-refractivity contribution in [1.29, 1.82) is 0 Å². The maximum Gasteiger partial charge on any atom is 0.276 e. The van der Waals surface area contributed by atoms with Crippen LogP contribution in [0, 0.1) is 0 Å². The SMILES string of the molecule is COc1ccc(NC(=O)c2cc(C(C)C)[nH]n2)cc1N.Cl. The lowest BCUT2D eigenvalue weighted by Gasteiger charge is -2.07. The number of nitrogens with one attached hydrogen (secondary N) is 2. The van der Waals surface area contributed by atoms with Crippen LogP contribution in [0.15, 0.2) is 24.3 Å². The first-order chi connectivity index (χ1) is 9.51. The quantitative estimate of drug-likeness (QED) is 0.757. The summed E-state index contributed by atoms with van der Waals surface area (Å²) in [6, 6.07) is 6.82. The number of nitrogens with two attached hydrogens (primary N) is 1. The summed E-state index contributed by atoms with van der Waals surface area (Å²) < 4.78 is 5.06. The molecule has 2 aromatic rings. The van der Waals surface area contributed by atoms with E-state index >= 15 is 0 Å². The van der Waals surface area contributed by atoms with Gasteiger partial charge < -0.3 is 15.8 Å². The van der Waals surface area contributed by atoms with Crippen LogP contribution in [0.5, 0.6) is 5.75 Å².